The van der Waals surface area contributed by atoms with E-state index in [9.17, 15) is 9.18 Å². The molecule has 53 heavy (non-hydrogen) atoms. The molecule has 2 N–H and O–H groups in total. The van der Waals surface area contributed by atoms with Crippen molar-refractivity contribution in [2.24, 2.45) is 7.05 Å². The topological polar surface area (TPSA) is 116 Å². The van der Waals surface area contributed by atoms with Crippen LogP contribution in [0.3, 0.4) is 0 Å². The number of halogens is 1. The van der Waals surface area contributed by atoms with Crippen molar-refractivity contribution in [1.82, 2.24) is 29.5 Å². The number of amides is 1. The van der Waals surface area contributed by atoms with Gasteiger partial charge in [0.25, 0.3) is 0 Å². The third-order valence-electron chi connectivity index (χ3n) is 10.9. The van der Waals surface area contributed by atoms with E-state index >= 15 is 0 Å². The largest absolute Gasteiger partial charge is 0.494 e. The first kappa shape index (κ1) is 35.0. The van der Waals surface area contributed by atoms with Gasteiger partial charge >= 0.3 is 0 Å². The number of piperazine rings is 1. The number of benzene rings is 2. The number of nitrogens with zero attached hydrogens (tertiary/aromatic N) is 8. The van der Waals surface area contributed by atoms with Gasteiger partial charge in [-0.05, 0) is 67.2 Å². The van der Waals surface area contributed by atoms with Crippen LogP contribution in [0, 0.1) is 5.82 Å². The number of hydrogen-bond donors (Lipinski definition) is 2. The molecule has 5 heterocycles. The summed E-state index contributed by atoms with van der Waals surface area (Å²) in [6, 6.07) is 11.8. The number of hydrogen-bond acceptors (Lipinski definition) is 11. The van der Waals surface area contributed by atoms with Crippen molar-refractivity contribution in [3.63, 3.8) is 0 Å². The van der Waals surface area contributed by atoms with Crippen molar-refractivity contribution in [2.75, 3.05) is 73.6 Å². The molecule has 1 unspecified atom stereocenters. The first-order chi connectivity index (χ1) is 25.8. The van der Waals surface area contributed by atoms with Crippen LogP contribution in [-0.2, 0) is 16.7 Å². The summed E-state index contributed by atoms with van der Waals surface area (Å²) in [6.07, 6.45) is 11.8. The number of piperidine rings is 1. The number of nitrogens with one attached hydrogen (secondary N) is 2. The molecule has 2 aromatic heterocycles. The van der Waals surface area contributed by atoms with Gasteiger partial charge in [-0.3, -0.25) is 24.1 Å². The van der Waals surface area contributed by atoms with Gasteiger partial charge in [-0.1, -0.05) is 6.58 Å². The SMILES string of the molecule is C=CC(=O)Nc1cc(Nc2cc(N3OCCC3c3cc(F)cc(-c4cnn(C)c4)c3)ncn2)c(OC)cc1N1CCC(N2CCN(C3CC3)CC2)CC1. The van der Waals surface area contributed by atoms with Gasteiger partial charge in [0.2, 0.25) is 5.91 Å². The molecule has 13 nitrogen and oxygen atoms in total. The van der Waals surface area contributed by atoms with Crippen LogP contribution in [0.4, 0.5) is 33.1 Å². The van der Waals surface area contributed by atoms with Crippen LogP contribution < -0.4 is 25.3 Å². The van der Waals surface area contributed by atoms with Gasteiger partial charge in [-0.25, -0.2) is 19.4 Å². The maximum absolute atomic E-state index is 14.9. The Morgan fingerprint density at radius 1 is 0.925 bits per heavy atom. The quantitative estimate of drug-likeness (QED) is 0.191. The lowest BCUT2D eigenvalue weighted by Gasteiger charge is -2.43. The highest BCUT2D eigenvalue weighted by Gasteiger charge is 2.34. The van der Waals surface area contributed by atoms with Gasteiger partial charge in [0.05, 0.1) is 43.0 Å². The zero-order valence-electron chi connectivity index (χ0n) is 30.4. The third-order valence-corrected chi connectivity index (χ3v) is 10.9. The minimum Gasteiger partial charge on any atom is -0.494 e. The zero-order chi connectivity index (χ0) is 36.5. The second kappa shape index (κ2) is 15.1. The molecule has 2 aromatic carbocycles. The Hall–Kier alpha value is -5.05. The number of aryl methyl sites for hydroxylation is 1. The zero-order valence-corrected chi connectivity index (χ0v) is 30.4. The molecular formula is C39H47FN10O3. The van der Waals surface area contributed by atoms with Crippen molar-refractivity contribution in [1.29, 1.82) is 0 Å². The number of methoxy groups -OCH3 is 1. The van der Waals surface area contributed by atoms with E-state index in [2.05, 4.69) is 47.0 Å². The second-order valence-electron chi connectivity index (χ2n) is 14.3. The lowest BCUT2D eigenvalue weighted by Crippen LogP contribution is -2.53. The van der Waals surface area contributed by atoms with E-state index < -0.39 is 0 Å². The Labute approximate surface area is 309 Å². The number of carbonyl (C=O) groups is 1. The summed E-state index contributed by atoms with van der Waals surface area (Å²) < 4.78 is 22.5. The summed E-state index contributed by atoms with van der Waals surface area (Å²) in [6.45, 7) is 10.5. The van der Waals surface area contributed by atoms with Crippen molar-refractivity contribution < 1.29 is 18.8 Å². The Kier molecular flexibility index (Phi) is 9.99. The van der Waals surface area contributed by atoms with Crippen molar-refractivity contribution in [2.45, 2.75) is 50.2 Å². The molecule has 4 fully saturated rings. The van der Waals surface area contributed by atoms with Crippen LogP contribution in [0.25, 0.3) is 11.1 Å². The lowest BCUT2D eigenvalue weighted by molar-refractivity contribution is -0.111. The molecule has 0 spiro atoms. The summed E-state index contributed by atoms with van der Waals surface area (Å²) >= 11 is 0. The molecule has 4 aliphatic rings. The monoisotopic (exact) mass is 722 g/mol. The van der Waals surface area contributed by atoms with Gasteiger partial charge in [-0.2, -0.15) is 5.10 Å². The van der Waals surface area contributed by atoms with E-state index in [1.807, 2.05) is 31.4 Å². The van der Waals surface area contributed by atoms with E-state index in [-0.39, 0.29) is 17.8 Å². The molecule has 1 aliphatic carbocycles. The molecule has 0 bridgehead atoms. The predicted molar refractivity (Wildman–Crippen MR) is 203 cm³/mol. The highest BCUT2D eigenvalue weighted by molar-refractivity contribution is 6.02. The Morgan fingerprint density at radius 2 is 1.68 bits per heavy atom. The highest BCUT2D eigenvalue weighted by Crippen LogP contribution is 2.41. The molecule has 3 aliphatic heterocycles. The number of aromatic nitrogens is 4. The Bertz CT molecular complexity index is 1950. The molecule has 1 amide bonds. The minimum atomic E-state index is -0.334. The maximum atomic E-state index is 14.9. The fourth-order valence-corrected chi connectivity index (χ4v) is 7.97. The van der Waals surface area contributed by atoms with E-state index in [1.165, 1.54) is 50.5 Å². The molecule has 4 aromatic rings. The molecule has 14 heteroatoms. The van der Waals surface area contributed by atoms with E-state index in [0.717, 1.165) is 67.4 Å². The summed E-state index contributed by atoms with van der Waals surface area (Å²) in [5.74, 6) is 0.989. The molecule has 8 rings (SSSR count). The number of hydroxylamine groups is 1. The first-order valence-electron chi connectivity index (χ1n) is 18.5. The number of ether oxygens (including phenoxy) is 1. The first-order valence-corrected chi connectivity index (χ1v) is 18.5. The Balaban J connectivity index is 1.00. The normalized spacial score (nSPS) is 20.1. The summed E-state index contributed by atoms with van der Waals surface area (Å²) in [5.41, 5.74) is 4.52. The van der Waals surface area contributed by atoms with Gasteiger partial charge in [-0.15, -0.1) is 0 Å². The number of carbonyl (C=O) groups excluding carboxylic acids is 1. The van der Waals surface area contributed by atoms with Gasteiger partial charge in [0, 0.05) is 88.7 Å². The smallest absolute Gasteiger partial charge is 0.247 e. The van der Waals surface area contributed by atoms with E-state index in [4.69, 9.17) is 9.57 Å². The van der Waals surface area contributed by atoms with Gasteiger partial charge in [0.1, 0.15) is 23.7 Å². The van der Waals surface area contributed by atoms with Crippen LogP contribution in [0.5, 0.6) is 5.75 Å². The third kappa shape index (κ3) is 7.71. The van der Waals surface area contributed by atoms with Crippen molar-refractivity contribution >= 4 is 34.6 Å². The Morgan fingerprint density at radius 3 is 2.36 bits per heavy atom. The average Bonchev–Trinajstić information content (AvgIpc) is 3.74. The van der Waals surface area contributed by atoms with E-state index in [0.29, 0.717) is 47.8 Å². The second-order valence-corrected chi connectivity index (χ2v) is 14.3. The molecule has 3 saturated heterocycles. The van der Waals surface area contributed by atoms with E-state index in [1.54, 1.807) is 29.1 Å². The number of rotatable bonds is 11. The van der Waals surface area contributed by atoms with Crippen LogP contribution in [0.15, 0.2) is 67.8 Å². The van der Waals surface area contributed by atoms with Gasteiger partial charge < -0.3 is 20.3 Å². The maximum Gasteiger partial charge on any atom is 0.247 e. The standard InChI is InChI=1S/C39H47FN10O3/c1-4-39(51)45-32-20-33(36(52-3)21-35(32)49-10-7-31(8-11-49)48-14-12-47(13-15-48)30-5-6-30)44-37-22-38(42-25-41-37)50-34(9-16-53-50)27-17-26(18-29(40)19-27)28-23-43-46(2)24-28/h4,17-25,30-31,34H,1,5-16H2,2-3H3,(H,45,51)(H,41,42,44). The highest BCUT2D eigenvalue weighted by atomic mass is 19.1. The summed E-state index contributed by atoms with van der Waals surface area (Å²) in [5, 5.41) is 12.4. The number of anilines is 5. The predicted octanol–water partition coefficient (Wildman–Crippen LogP) is 5.52. The molecule has 1 atom stereocenters. The summed E-state index contributed by atoms with van der Waals surface area (Å²) in [4.78, 5) is 35.4. The van der Waals surface area contributed by atoms with Crippen LogP contribution in [0.2, 0.25) is 0 Å². The molecule has 278 valence electrons. The minimum absolute atomic E-state index is 0.269. The van der Waals surface area contributed by atoms with Crippen LogP contribution in [0.1, 0.15) is 43.7 Å². The lowest BCUT2D eigenvalue weighted by atomic mass is 9.99. The van der Waals surface area contributed by atoms with Crippen molar-refractivity contribution in [3.05, 3.63) is 79.2 Å². The molecule has 1 saturated carbocycles. The fraction of sp³-hybridized carbons (Fsp3) is 0.436. The molecular weight excluding hydrogens is 675 g/mol. The van der Waals surface area contributed by atoms with Crippen LogP contribution >= 0.6 is 0 Å². The van der Waals surface area contributed by atoms with Crippen molar-refractivity contribution in [3.8, 4) is 16.9 Å². The fourth-order valence-electron chi connectivity index (χ4n) is 7.97. The summed E-state index contributed by atoms with van der Waals surface area (Å²) in [7, 11) is 3.47. The molecule has 0 radical (unpaired) electrons. The van der Waals surface area contributed by atoms with Crippen LogP contribution in [-0.4, -0.2) is 101 Å². The average molecular weight is 723 g/mol. The van der Waals surface area contributed by atoms with Gasteiger partial charge in [0.15, 0.2) is 5.82 Å².